The summed E-state index contributed by atoms with van der Waals surface area (Å²) >= 11 is 3.45. The van der Waals surface area contributed by atoms with Crippen LogP contribution in [0.5, 0.6) is 11.5 Å². The van der Waals surface area contributed by atoms with Gasteiger partial charge in [0.25, 0.3) is 0 Å². The second-order valence-corrected chi connectivity index (χ2v) is 6.25. The zero-order valence-electron chi connectivity index (χ0n) is 11.3. The van der Waals surface area contributed by atoms with Crippen molar-refractivity contribution >= 4 is 15.9 Å². The first-order chi connectivity index (χ1) is 8.90. The van der Waals surface area contributed by atoms with E-state index in [1.807, 2.05) is 6.92 Å². The summed E-state index contributed by atoms with van der Waals surface area (Å²) in [5, 5.41) is 19.7. The molecule has 0 aromatic heterocycles. The topological polar surface area (TPSA) is 40.5 Å². The number of hydrogen-bond acceptors (Lipinski definition) is 2. The molecule has 2 nitrogen and oxygen atoms in total. The number of phenols is 2. The van der Waals surface area contributed by atoms with Crippen molar-refractivity contribution in [3.63, 3.8) is 0 Å². The van der Waals surface area contributed by atoms with Crippen LogP contribution in [0.3, 0.4) is 0 Å². The summed E-state index contributed by atoms with van der Waals surface area (Å²) in [5.41, 5.74) is 3.31. The molecule has 2 N–H and O–H groups in total. The second-order valence-electron chi connectivity index (χ2n) is 5.39. The van der Waals surface area contributed by atoms with Crippen molar-refractivity contribution in [3.05, 3.63) is 46.0 Å². The summed E-state index contributed by atoms with van der Waals surface area (Å²) in [4.78, 5) is 0. The molecule has 0 heterocycles. The van der Waals surface area contributed by atoms with Gasteiger partial charge in [-0.3, -0.25) is 0 Å². The van der Waals surface area contributed by atoms with Gasteiger partial charge in [-0.15, -0.1) is 0 Å². The Morgan fingerprint density at radius 1 is 1.37 bits per heavy atom. The Balaban J connectivity index is 2.54. The van der Waals surface area contributed by atoms with Crippen LogP contribution < -0.4 is 0 Å². The third kappa shape index (κ3) is 2.86. The number of hydrogen-bond donors (Lipinski definition) is 2. The molecule has 0 aliphatic heterocycles. The zero-order chi connectivity index (χ0) is 14.2. The number of allylic oxidation sites excluding steroid dienone is 3. The van der Waals surface area contributed by atoms with E-state index in [4.69, 9.17) is 0 Å². The fourth-order valence-electron chi connectivity index (χ4n) is 2.83. The highest BCUT2D eigenvalue weighted by atomic mass is 79.9. The van der Waals surface area contributed by atoms with Gasteiger partial charge in [0.15, 0.2) is 0 Å². The van der Waals surface area contributed by atoms with Crippen LogP contribution in [-0.2, 0) is 0 Å². The van der Waals surface area contributed by atoms with Gasteiger partial charge in [0.2, 0.25) is 0 Å². The first-order valence-corrected chi connectivity index (χ1v) is 7.23. The lowest BCUT2D eigenvalue weighted by Crippen LogP contribution is -2.17. The van der Waals surface area contributed by atoms with Crippen LogP contribution in [0.25, 0.3) is 0 Å². The normalized spacial score (nSPS) is 23.0. The van der Waals surface area contributed by atoms with Crippen molar-refractivity contribution in [1.29, 1.82) is 0 Å². The molecule has 1 aliphatic carbocycles. The summed E-state index contributed by atoms with van der Waals surface area (Å²) in [6.45, 7) is 8.24. The van der Waals surface area contributed by atoms with Gasteiger partial charge >= 0.3 is 0 Å². The maximum atomic E-state index is 10.2. The number of benzene rings is 1. The summed E-state index contributed by atoms with van der Waals surface area (Å²) < 4.78 is 0.743. The molecule has 2 rings (SSSR count). The first-order valence-electron chi connectivity index (χ1n) is 6.44. The van der Waals surface area contributed by atoms with Crippen molar-refractivity contribution in [2.45, 2.75) is 32.6 Å². The van der Waals surface area contributed by atoms with Gasteiger partial charge in [0.05, 0.1) is 0 Å². The van der Waals surface area contributed by atoms with E-state index in [1.165, 1.54) is 11.6 Å². The fraction of sp³-hybridized carbons (Fsp3) is 0.375. The molecule has 1 unspecified atom stereocenters. The fourth-order valence-corrected chi connectivity index (χ4v) is 3.53. The molecule has 0 saturated carbocycles. The Kier molecular flexibility index (Phi) is 4.04. The van der Waals surface area contributed by atoms with Crippen molar-refractivity contribution in [3.8, 4) is 11.5 Å². The van der Waals surface area contributed by atoms with Crippen LogP contribution >= 0.6 is 15.9 Å². The predicted octanol–water partition coefficient (Wildman–Crippen LogP) is 4.88. The lowest BCUT2D eigenvalue weighted by atomic mass is 9.74. The molecule has 1 aliphatic rings. The number of rotatable bonds is 2. The third-order valence-electron chi connectivity index (χ3n) is 3.81. The average Bonchev–Trinajstić information content (AvgIpc) is 2.27. The number of halogens is 1. The summed E-state index contributed by atoms with van der Waals surface area (Å²) in [5.74, 6) is 0.641. The maximum Gasteiger partial charge on any atom is 0.124 e. The Labute approximate surface area is 122 Å². The molecule has 0 saturated heterocycles. The molecule has 1 aromatic carbocycles. The minimum atomic E-state index is 0.0662. The van der Waals surface area contributed by atoms with E-state index in [0.29, 0.717) is 5.92 Å². The highest BCUT2D eigenvalue weighted by Gasteiger charge is 2.29. The van der Waals surface area contributed by atoms with Crippen molar-refractivity contribution in [2.24, 2.45) is 5.92 Å². The quantitative estimate of drug-likeness (QED) is 0.762. The van der Waals surface area contributed by atoms with Gasteiger partial charge in [-0.1, -0.05) is 39.7 Å². The zero-order valence-corrected chi connectivity index (χ0v) is 12.9. The lowest BCUT2D eigenvalue weighted by molar-refractivity contribution is 0.425. The van der Waals surface area contributed by atoms with Crippen LogP contribution in [-0.4, -0.2) is 10.2 Å². The summed E-state index contributed by atoms with van der Waals surface area (Å²) in [6, 6.07) is 3.02. The molecular weight excluding hydrogens is 304 g/mol. The van der Waals surface area contributed by atoms with Gasteiger partial charge in [0, 0.05) is 22.0 Å². The summed E-state index contributed by atoms with van der Waals surface area (Å²) in [6.07, 6.45) is 4.33. The van der Waals surface area contributed by atoms with Crippen LogP contribution in [0, 0.1) is 5.92 Å². The highest BCUT2D eigenvalue weighted by Crippen LogP contribution is 2.46. The molecule has 0 bridgehead atoms. The Bertz CT molecular complexity index is 523. The van der Waals surface area contributed by atoms with Crippen LogP contribution in [0.2, 0.25) is 0 Å². The molecule has 0 spiro atoms. The maximum absolute atomic E-state index is 10.2. The van der Waals surface area contributed by atoms with Crippen LogP contribution in [0.15, 0.2) is 40.4 Å². The van der Waals surface area contributed by atoms with E-state index in [2.05, 4.69) is 35.5 Å². The van der Waals surface area contributed by atoms with Crippen LogP contribution in [0.4, 0.5) is 0 Å². The standard InChI is InChI=1S/C16H19BrO2/c1-9(2)12-5-4-10(3)6-13(12)16-14(17)7-11(18)8-15(16)19/h6-8,12-13,18-19H,1,4-5H2,2-3H3/t12?,13-/m1/s1. The Hall–Kier alpha value is -1.22. The third-order valence-corrected chi connectivity index (χ3v) is 4.46. The van der Waals surface area contributed by atoms with Crippen molar-refractivity contribution < 1.29 is 10.2 Å². The average molecular weight is 323 g/mol. The Morgan fingerprint density at radius 2 is 2.05 bits per heavy atom. The molecule has 0 amide bonds. The molecule has 2 atom stereocenters. The van der Waals surface area contributed by atoms with E-state index in [-0.39, 0.29) is 17.4 Å². The minimum Gasteiger partial charge on any atom is -0.508 e. The minimum absolute atomic E-state index is 0.0662. The van der Waals surface area contributed by atoms with E-state index in [0.717, 1.165) is 28.5 Å². The highest BCUT2D eigenvalue weighted by molar-refractivity contribution is 9.10. The second kappa shape index (κ2) is 5.41. The summed E-state index contributed by atoms with van der Waals surface area (Å²) in [7, 11) is 0. The smallest absolute Gasteiger partial charge is 0.124 e. The van der Waals surface area contributed by atoms with E-state index < -0.39 is 0 Å². The molecule has 19 heavy (non-hydrogen) atoms. The number of aromatic hydroxyl groups is 2. The van der Waals surface area contributed by atoms with E-state index in [9.17, 15) is 10.2 Å². The molecule has 0 fully saturated rings. The van der Waals surface area contributed by atoms with Gasteiger partial charge < -0.3 is 10.2 Å². The molecule has 0 radical (unpaired) electrons. The van der Waals surface area contributed by atoms with Crippen molar-refractivity contribution in [2.75, 3.05) is 0 Å². The lowest BCUT2D eigenvalue weighted by Gasteiger charge is -2.31. The number of phenolic OH excluding ortho intramolecular Hbond substituents is 2. The van der Waals surface area contributed by atoms with E-state index in [1.54, 1.807) is 6.07 Å². The largest absolute Gasteiger partial charge is 0.508 e. The van der Waals surface area contributed by atoms with Gasteiger partial charge in [-0.05, 0) is 38.7 Å². The SMILES string of the molecule is C=C(C)C1CCC(C)=C[C@H]1c1c(O)cc(O)cc1Br. The van der Waals surface area contributed by atoms with E-state index >= 15 is 0 Å². The molecular formula is C16H19BrO2. The van der Waals surface area contributed by atoms with Gasteiger partial charge in [-0.2, -0.15) is 0 Å². The predicted molar refractivity (Wildman–Crippen MR) is 81.5 cm³/mol. The first kappa shape index (κ1) is 14.2. The van der Waals surface area contributed by atoms with Crippen LogP contribution in [0.1, 0.15) is 38.2 Å². The van der Waals surface area contributed by atoms with Gasteiger partial charge in [0.1, 0.15) is 11.5 Å². The Morgan fingerprint density at radius 3 is 2.63 bits per heavy atom. The molecule has 1 aromatic rings. The van der Waals surface area contributed by atoms with Crippen molar-refractivity contribution in [1.82, 2.24) is 0 Å². The monoisotopic (exact) mass is 322 g/mol. The van der Waals surface area contributed by atoms with Gasteiger partial charge in [-0.25, -0.2) is 0 Å². The molecule has 3 heteroatoms. The molecule has 102 valence electrons.